The van der Waals surface area contributed by atoms with E-state index in [2.05, 4.69) is 61.3 Å². The molecule has 7 heteroatoms. The minimum absolute atomic E-state index is 0.286. The number of hydrogen-bond acceptors (Lipinski definition) is 6. The van der Waals surface area contributed by atoms with E-state index in [1.807, 2.05) is 25.1 Å². The Bertz CT molecular complexity index is 1140. The number of benzene rings is 1. The highest BCUT2D eigenvalue weighted by atomic mass is 16.5. The minimum Gasteiger partial charge on any atom is -0.493 e. The summed E-state index contributed by atoms with van der Waals surface area (Å²) in [6.07, 6.45) is 14.2. The second kappa shape index (κ2) is 15.2. The molecule has 7 nitrogen and oxygen atoms in total. The number of aromatic nitrogens is 1. The average molecular weight is 521 g/mol. The van der Waals surface area contributed by atoms with Crippen molar-refractivity contribution in [2.24, 2.45) is 17.0 Å². The molecule has 1 aliphatic heterocycles. The molecule has 0 saturated carbocycles. The summed E-state index contributed by atoms with van der Waals surface area (Å²) in [5, 5.41) is 2.48. The van der Waals surface area contributed by atoms with Crippen molar-refractivity contribution in [3.63, 3.8) is 0 Å². The zero-order valence-corrected chi connectivity index (χ0v) is 23.1. The molecule has 2 aromatic rings. The normalized spacial score (nSPS) is 18.9. The van der Waals surface area contributed by atoms with Crippen LogP contribution in [0, 0.1) is 30.6 Å². The number of carbonyl (C=O) groups excluding carboxylic acids is 1. The lowest BCUT2D eigenvalue weighted by Gasteiger charge is -2.28. The van der Waals surface area contributed by atoms with E-state index in [-0.39, 0.29) is 5.92 Å². The van der Waals surface area contributed by atoms with E-state index < -0.39 is 5.91 Å². The number of ether oxygens (including phenoxy) is 2. The molecular weight excluding hydrogens is 480 g/mol. The van der Waals surface area contributed by atoms with Gasteiger partial charge in [-0.25, -0.2) is 4.98 Å². The lowest BCUT2D eigenvalue weighted by atomic mass is 9.84. The van der Waals surface area contributed by atoms with Crippen molar-refractivity contribution in [2.75, 3.05) is 19.8 Å². The maximum absolute atomic E-state index is 11.1. The van der Waals surface area contributed by atoms with Crippen LogP contribution in [0.15, 0.2) is 69.5 Å². The molecule has 2 aliphatic rings. The number of hydrogen-bond donors (Lipinski definition) is 0. The summed E-state index contributed by atoms with van der Waals surface area (Å²) < 4.78 is 16.9. The summed E-state index contributed by atoms with van der Waals surface area (Å²) in [5.41, 5.74) is 4.51. The molecule has 204 valence electrons. The lowest BCUT2D eigenvalue weighted by Crippen LogP contribution is -2.32. The van der Waals surface area contributed by atoms with Crippen LogP contribution in [0.1, 0.15) is 63.0 Å². The van der Waals surface area contributed by atoms with Gasteiger partial charge in [0.25, 0.3) is 5.91 Å². The number of nitrogens with zero attached hydrogens (tertiary/aromatic N) is 2. The molecule has 2 atom stereocenters. The van der Waals surface area contributed by atoms with Crippen molar-refractivity contribution < 1.29 is 18.7 Å². The summed E-state index contributed by atoms with van der Waals surface area (Å²) in [4.78, 5) is 25.8. The molecule has 1 fully saturated rings. The monoisotopic (exact) mass is 520 g/mol. The number of allylic oxidation sites excluding steroid dienone is 5. The number of nitroso groups, excluding NO2 is 1. The highest BCUT2D eigenvalue weighted by Crippen LogP contribution is 2.27. The molecule has 1 aliphatic carbocycles. The average Bonchev–Trinajstić information content (AvgIpc) is 3.15. The molecule has 1 saturated heterocycles. The SMILES string of the molecule is CCC1=CCC=CC(OCCc2nc(-c3ccc(C)cc3)oc2C)=C1.CCC[C@@H]1CCOC[C@H]1C(=O)N=O. The Labute approximate surface area is 226 Å². The quantitative estimate of drug-likeness (QED) is 0.319. The molecule has 0 radical (unpaired) electrons. The third kappa shape index (κ3) is 8.62. The van der Waals surface area contributed by atoms with E-state index in [0.717, 1.165) is 61.3 Å². The standard InChI is InChI=1S/C22H25NO2.C9H15NO3/c1-4-18-7-5-6-8-20(15-18)24-14-13-21-17(3)25-22(23-21)19-11-9-16(2)10-12-19;1-2-3-7-4-5-13-6-8(7)9(11)10-12/h6-12,15H,4-5,13-14H2,1-3H3;7-8H,2-6H2,1H3/t;7-,8-/m.1/s1. The van der Waals surface area contributed by atoms with Gasteiger partial charge in [-0.1, -0.05) is 50.1 Å². The first-order valence-corrected chi connectivity index (χ1v) is 13.6. The van der Waals surface area contributed by atoms with Gasteiger partial charge in [-0.3, -0.25) is 4.79 Å². The lowest BCUT2D eigenvalue weighted by molar-refractivity contribution is -0.128. The van der Waals surface area contributed by atoms with Gasteiger partial charge in [0.2, 0.25) is 5.89 Å². The molecule has 0 N–H and O–H groups in total. The zero-order chi connectivity index (χ0) is 27.3. The third-order valence-electron chi connectivity index (χ3n) is 6.90. The molecule has 1 aromatic heterocycles. The molecule has 1 aromatic carbocycles. The highest BCUT2D eigenvalue weighted by molar-refractivity contribution is 5.79. The van der Waals surface area contributed by atoms with Crippen molar-refractivity contribution in [1.82, 2.24) is 4.98 Å². The number of carbonyl (C=O) groups is 1. The van der Waals surface area contributed by atoms with Gasteiger partial charge in [0.05, 0.1) is 24.8 Å². The fourth-order valence-electron chi connectivity index (χ4n) is 4.61. The number of amides is 1. The molecule has 2 heterocycles. The van der Waals surface area contributed by atoms with Crippen LogP contribution in [0.4, 0.5) is 0 Å². The Kier molecular flexibility index (Phi) is 11.7. The Morgan fingerprint density at radius 3 is 2.68 bits per heavy atom. The van der Waals surface area contributed by atoms with E-state index in [0.29, 0.717) is 31.6 Å². The predicted octanol–water partition coefficient (Wildman–Crippen LogP) is 7.43. The predicted molar refractivity (Wildman–Crippen MR) is 149 cm³/mol. The molecule has 0 unspecified atom stereocenters. The molecule has 38 heavy (non-hydrogen) atoms. The van der Waals surface area contributed by atoms with Crippen molar-refractivity contribution >= 4 is 5.91 Å². The first kappa shape index (κ1) is 29.2. The summed E-state index contributed by atoms with van der Waals surface area (Å²) in [5.74, 6) is 1.93. The van der Waals surface area contributed by atoms with Gasteiger partial charge in [0.15, 0.2) is 0 Å². The fraction of sp³-hybridized carbons (Fsp3) is 0.484. The number of aryl methyl sites for hydroxylation is 2. The Hall–Kier alpha value is -3.32. The van der Waals surface area contributed by atoms with Crippen LogP contribution in [0.3, 0.4) is 0 Å². The summed E-state index contributed by atoms with van der Waals surface area (Å²) in [6, 6.07) is 8.23. The van der Waals surface area contributed by atoms with Crippen LogP contribution >= 0.6 is 0 Å². The third-order valence-corrected chi connectivity index (χ3v) is 6.90. The summed E-state index contributed by atoms with van der Waals surface area (Å²) in [7, 11) is 0. The summed E-state index contributed by atoms with van der Waals surface area (Å²) in [6.45, 7) is 9.93. The van der Waals surface area contributed by atoms with Crippen LogP contribution in [0.5, 0.6) is 0 Å². The Balaban J connectivity index is 0.000000260. The van der Waals surface area contributed by atoms with Crippen LogP contribution in [-0.2, 0) is 20.7 Å². The molecule has 4 rings (SSSR count). The van der Waals surface area contributed by atoms with Gasteiger partial charge < -0.3 is 13.9 Å². The van der Waals surface area contributed by atoms with Crippen LogP contribution in [0.2, 0.25) is 0 Å². The Morgan fingerprint density at radius 1 is 1.18 bits per heavy atom. The molecule has 0 spiro atoms. The van der Waals surface area contributed by atoms with Crippen LogP contribution in [0.25, 0.3) is 11.5 Å². The fourth-order valence-corrected chi connectivity index (χ4v) is 4.61. The van der Waals surface area contributed by atoms with Gasteiger partial charge in [0.1, 0.15) is 11.5 Å². The molecular formula is C31H40N2O5. The zero-order valence-electron chi connectivity index (χ0n) is 23.1. The van der Waals surface area contributed by atoms with Crippen LogP contribution < -0.4 is 0 Å². The second-order valence-electron chi connectivity index (χ2n) is 9.75. The van der Waals surface area contributed by atoms with Crippen molar-refractivity contribution in [2.45, 2.75) is 66.2 Å². The number of rotatable bonds is 9. The molecule has 1 amide bonds. The van der Waals surface area contributed by atoms with Gasteiger partial charge >= 0.3 is 0 Å². The number of oxazole rings is 1. The van der Waals surface area contributed by atoms with Crippen molar-refractivity contribution in [3.8, 4) is 11.5 Å². The van der Waals surface area contributed by atoms with Gasteiger partial charge in [-0.2, -0.15) is 0 Å². The largest absolute Gasteiger partial charge is 0.493 e. The minimum atomic E-state index is -0.543. The smallest absolute Gasteiger partial charge is 0.291 e. The van der Waals surface area contributed by atoms with Crippen molar-refractivity contribution in [3.05, 3.63) is 81.8 Å². The first-order chi connectivity index (χ1) is 18.4. The van der Waals surface area contributed by atoms with Crippen LogP contribution in [-0.4, -0.2) is 30.7 Å². The van der Waals surface area contributed by atoms with E-state index in [1.165, 1.54) is 11.1 Å². The van der Waals surface area contributed by atoms with Crippen molar-refractivity contribution in [1.29, 1.82) is 0 Å². The van der Waals surface area contributed by atoms with E-state index in [4.69, 9.17) is 13.9 Å². The summed E-state index contributed by atoms with van der Waals surface area (Å²) >= 11 is 0. The topological polar surface area (TPSA) is 91.0 Å². The highest BCUT2D eigenvalue weighted by Gasteiger charge is 2.31. The van der Waals surface area contributed by atoms with E-state index >= 15 is 0 Å². The van der Waals surface area contributed by atoms with E-state index in [9.17, 15) is 9.70 Å². The Morgan fingerprint density at radius 2 is 1.97 bits per heavy atom. The second-order valence-corrected chi connectivity index (χ2v) is 9.75. The maximum atomic E-state index is 11.1. The van der Waals surface area contributed by atoms with Gasteiger partial charge in [0, 0.05) is 23.8 Å². The van der Waals surface area contributed by atoms with Gasteiger partial charge in [-0.15, -0.1) is 4.91 Å². The molecule has 0 bridgehead atoms. The first-order valence-electron chi connectivity index (χ1n) is 13.6. The van der Waals surface area contributed by atoms with Gasteiger partial charge in [-0.05, 0) is 75.3 Å². The van der Waals surface area contributed by atoms with E-state index in [1.54, 1.807) is 0 Å². The maximum Gasteiger partial charge on any atom is 0.291 e.